The normalized spacial score (nSPS) is 12.1. The maximum absolute atomic E-state index is 11.3. The fraction of sp³-hybridized carbons (Fsp3) is 0.250. The molecule has 0 saturated carbocycles. The number of rotatable bonds is 3. The standard InChI is InChI=1S/C8H11N3O2S/c1-4-7-8(5-9-2)11(6-10-7)14(3,12)13/h4-6H,1H2,2-3H3. The van der Waals surface area contributed by atoms with Gasteiger partial charge in [0.15, 0.2) is 0 Å². The topological polar surface area (TPSA) is 64.3 Å². The van der Waals surface area contributed by atoms with Crippen molar-refractivity contribution >= 4 is 22.3 Å². The first kappa shape index (κ1) is 10.6. The Morgan fingerprint density at radius 2 is 2.29 bits per heavy atom. The Hall–Kier alpha value is -1.43. The Labute approximate surface area is 82.9 Å². The number of hydrogen-bond donors (Lipinski definition) is 0. The van der Waals surface area contributed by atoms with Gasteiger partial charge in [0.1, 0.15) is 12.0 Å². The summed E-state index contributed by atoms with van der Waals surface area (Å²) in [7, 11) is -1.77. The first-order valence-electron chi connectivity index (χ1n) is 3.83. The molecular formula is C8H11N3O2S. The molecule has 14 heavy (non-hydrogen) atoms. The molecule has 0 fully saturated rings. The minimum absolute atomic E-state index is 0.421. The van der Waals surface area contributed by atoms with Gasteiger partial charge in [0.2, 0.25) is 10.0 Å². The summed E-state index contributed by atoms with van der Waals surface area (Å²) in [6.07, 6.45) is 5.27. The summed E-state index contributed by atoms with van der Waals surface area (Å²) in [5, 5.41) is 0. The average Bonchev–Trinajstić information content (AvgIpc) is 2.47. The highest BCUT2D eigenvalue weighted by atomic mass is 32.2. The van der Waals surface area contributed by atoms with Crippen LogP contribution in [0, 0.1) is 0 Å². The van der Waals surface area contributed by atoms with Crippen LogP contribution in [0.3, 0.4) is 0 Å². The van der Waals surface area contributed by atoms with Gasteiger partial charge in [0.25, 0.3) is 0 Å². The second kappa shape index (κ2) is 3.75. The molecule has 0 radical (unpaired) electrons. The predicted octanol–water partition coefficient (Wildman–Crippen LogP) is 0.382. The summed E-state index contributed by atoms with van der Waals surface area (Å²) in [5.41, 5.74) is 0.922. The van der Waals surface area contributed by atoms with Crippen LogP contribution in [-0.2, 0) is 10.0 Å². The number of imidazole rings is 1. The van der Waals surface area contributed by atoms with Gasteiger partial charge in [-0.25, -0.2) is 17.4 Å². The van der Waals surface area contributed by atoms with Gasteiger partial charge in [-0.2, -0.15) is 0 Å². The zero-order valence-corrected chi connectivity index (χ0v) is 8.82. The smallest absolute Gasteiger partial charge is 0.237 e. The second-order valence-corrected chi connectivity index (χ2v) is 4.52. The van der Waals surface area contributed by atoms with Gasteiger partial charge in [-0.15, -0.1) is 0 Å². The maximum Gasteiger partial charge on any atom is 0.237 e. The van der Waals surface area contributed by atoms with Crippen molar-refractivity contribution in [1.29, 1.82) is 0 Å². The van der Waals surface area contributed by atoms with E-state index in [0.717, 1.165) is 10.2 Å². The number of aromatic nitrogens is 2. The molecule has 6 heteroatoms. The number of aliphatic imine (C=N–C) groups is 1. The van der Waals surface area contributed by atoms with Crippen molar-refractivity contribution in [3.8, 4) is 0 Å². The van der Waals surface area contributed by atoms with Crippen LogP contribution in [-0.4, -0.2) is 36.9 Å². The van der Waals surface area contributed by atoms with Crippen LogP contribution in [0.25, 0.3) is 6.08 Å². The number of nitrogens with zero attached hydrogens (tertiary/aromatic N) is 3. The van der Waals surface area contributed by atoms with Gasteiger partial charge >= 0.3 is 0 Å². The molecule has 76 valence electrons. The van der Waals surface area contributed by atoms with E-state index in [1.54, 1.807) is 7.05 Å². The Bertz CT molecular complexity index is 471. The molecule has 0 N–H and O–H groups in total. The largest absolute Gasteiger partial charge is 0.294 e. The molecule has 0 saturated heterocycles. The zero-order valence-electron chi connectivity index (χ0n) is 8.01. The number of hydrogen-bond acceptors (Lipinski definition) is 4. The van der Waals surface area contributed by atoms with E-state index < -0.39 is 10.0 Å². The minimum Gasteiger partial charge on any atom is -0.294 e. The van der Waals surface area contributed by atoms with Crippen molar-refractivity contribution in [3.63, 3.8) is 0 Å². The van der Waals surface area contributed by atoms with Crippen molar-refractivity contribution in [3.05, 3.63) is 24.3 Å². The van der Waals surface area contributed by atoms with Crippen LogP contribution in [0.5, 0.6) is 0 Å². The Morgan fingerprint density at radius 3 is 2.71 bits per heavy atom. The molecule has 0 aromatic carbocycles. The van der Waals surface area contributed by atoms with E-state index in [2.05, 4.69) is 16.6 Å². The van der Waals surface area contributed by atoms with E-state index in [9.17, 15) is 8.42 Å². The van der Waals surface area contributed by atoms with Gasteiger partial charge in [-0.1, -0.05) is 6.58 Å². The van der Waals surface area contributed by atoms with E-state index in [1.165, 1.54) is 18.6 Å². The predicted molar refractivity (Wildman–Crippen MR) is 56.1 cm³/mol. The lowest BCUT2D eigenvalue weighted by Crippen LogP contribution is -2.12. The fourth-order valence-electron chi connectivity index (χ4n) is 1.02. The molecule has 0 aliphatic carbocycles. The SMILES string of the molecule is C=Cc1ncn(S(C)(=O)=O)c1C=NC. The highest BCUT2D eigenvalue weighted by molar-refractivity contribution is 7.89. The summed E-state index contributed by atoms with van der Waals surface area (Å²) in [5.74, 6) is 0. The maximum atomic E-state index is 11.3. The molecule has 0 aliphatic heterocycles. The van der Waals surface area contributed by atoms with Crippen LogP contribution in [0.1, 0.15) is 11.4 Å². The van der Waals surface area contributed by atoms with Crippen LogP contribution < -0.4 is 0 Å². The third-order valence-corrected chi connectivity index (χ3v) is 2.61. The van der Waals surface area contributed by atoms with Gasteiger partial charge in [0.05, 0.1) is 11.9 Å². The summed E-state index contributed by atoms with van der Waals surface area (Å²) in [6, 6.07) is 0. The fourth-order valence-corrected chi connectivity index (χ4v) is 1.74. The molecule has 0 unspecified atom stereocenters. The van der Waals surface area contributed by atoms with Crippen molar-refractivity contribution in [2.75, 3.05) is 13.3 Å². The molecule has 0 aliphatic rings. The van der Waals surface area contributed by atoms with E-state index in [0.29, 0.717) is 11.4 Å². The van der Waals surface area contributed by atoms with E-state index >= 15 is 0 Å². The summed E-state index contributed by atoms with van der Waals surface area (Å²) >= 11 is 0. The van der Waals surface area contributed by atoms with Gasteiger partial charge in [0, 0.05) is 13.3 Å². The molecule has 0 bridgehead atoms. The van der Waals surface area contributed by atoms with Crippen LogP contribution in [0.15, 0.2) is 17.9 Å². The lowest BCUT2D eigenvalue weighted by Gasteiger charge is -2.00. The molecular weight excluding hydrogens is 202 g/mol. The van der Waals surface area contributed by atoms with E-state index in [1.807, 2.05) is 0 Å². The lowest BCUT2D eigenvalue weighted by molar-refractivity contribution is 0.593. The third-order valence-electron chi connectivity index (χ3n) is 1.60. The van der Waals surface area contributed by atoms with E-state index in [-0.39, 0.29) is 0 Å². The van der Waals surface area contributed by atoms with Gasteiger partial charge < -0.3 is 0 Å². The Kier molecular flexibility index (Phi) is 2.85. The summed E-state index contributed by atoms with van der Waals surface area (Å²) < 4.78 is 23.6. The monoisotopic (exact) mass is 213 g/mol. The first-order valence-corrected chi connectivity index (χ1v) is 5.68. The molecule has 1 aromatic heterocycles. The molecule has 1 heterocycles. The molecule has 1 rings (SSSR count). The zero-order chi connectivity index (χ0) is 10.8. The molecule has 0 spiro atoms. The third kappa shape index (κ3) is 1.90. The van der Waals surface area contributed by atoms with Crippen molar-refractivity contribution < 1.29 is 8.42 Å². The first-order chi connectivity index (χ1) is 6.50. The van der Waals surface area contributed by atoms with Crippen molar-refractivity contribution in [2.24, 2.45) is 4.99 Å². The average molecular weight is 213 g/mol. The van der Waals surface area contributed by atoms with Crippen LogP contribution in [0.4, 0.5) is 0 Å². The van der Waals surface area contributed by atoms with Crippen molar-refractivity contribution in [2.45, 2.75) is 0 Å². The quantitative estimate of drug-likeness (QED) is 0.682. The Balaban J connectivity index is 3.47. The van der Waals surface area contributed by atoms with Crippen LogP contribution >= 0.6 is 0 Å². The molecule has 1 aromatic rings. The highest BCUT2D eigenvalue weighted by Crippen LogP contribution is 2.08. The minimum atomic E-state index is -3.33. The lowest BCUT2D eigenvalue weighted by atomic mass is 10.3. The molecule has 0 atom stereocenters. The molecule has 5 nitrogen and oxygen atoms in total. The second-order valence-electron chi connectivity index (χ2n) is 2.67. The van der Waals surface area contributed by atoms with E-state index in [4.69, 9.17) is 0 Å². The molecule has 0 amide bonds. The van der Waals surface area contributed by atoms with Gasteiger partial charge in [-0.05, 0) is 6.08 Å². The highest BCUT2D eigenvalue weighted by Gasteiger charge is 2.13. The van der Waals surface area contributed by atoms with Crippen molar-refractivity contribution in [1.82, 2.24) is 8.96 Å². The Morgan fingerprint density at radius 1 is 1.64 bits per heavy atom. The summed E-state index contributed by atoms with van der Waals surface area (Å²) in [4.78, 5) is 7.66. The van der Waals surface area contributed by atoms with Gasteiger partial charge in [-0.3, -0.25) is 4.99 Å². The van der Waals surface area contributed by atoms with Crippen LogP contribution in [0.2, 0.25) is 0 Å². The summed E-state index contributed by atoms with van der Waals surface area (Å²) in [6.45, 7) is 3.54.